The second-order valence-electron chi connectivity index (χ2n) is 11.2. The molecule has 1 aliphatic carbocycles. The second kappa shape index (κ2) is 24.7. The molecule has 1 fully saturated rings. The summed E-state index contributed by atoms with van der Waals surface area (Å²) in [6, 6.07) is 0.155. The standard InChI is InChI=1S/C33H60N2O2/c1-3-5-7-9-11-13-15-17-19-21-23-25-27-32(36)34-30-29-31(30)35-33(37)28-26-24-22-20-18-16-14-12-10-8-6-4-2/h25-28,30-31H,3-24,29H2,1-2H3,(H,34,36)(H,35,37). The average molecular weight is 517 g/mol. The van der Waals surface area contributed by atoms with Gasteiger partial charge in [0.2, 0.25) is 11.8 Å². The van der Waals surface area contributed by atoms with Crippen LogP contribution < -0.4 is 10.6 Å². The zero-order chi connectivity index (χ0) is 26.8. The van der Waals surface area contributed by atoms with Gasteiger partial charge >= 0.3 is 0 Å². The van der Waals surface area contributed by atoms with Gasteiger partial charge in [-0.25, -0.2) is 0 Å². The summed E-state index contributed by atoms with van der Waals surface area (Å²) in [5, 5.41) is 6.00. The summed E-state index contributed by atoms with van der Waals surface area (Å²) in [4.78, 5) is 24.2. The summed E-state index contributed by atoms with van der Waals surface area (Å²) in [7, 11) is 0. The van der Waals surface area contributed by atoms with Crippen LogP contribution in [0.2, 0.25) is 0 Å². The highest BCUT2D eigenvalue weighted by Crippen LogP contribution is 2.21. The molecule has 0 aliphatic heterocycles. The first-order chi connectivity index (χ1) is 18.2. The van der Waals surface area contributed by atoms with E-state index in [1.165, 1.54) is 116 Å². The first kappa shape index (κ1) is 33.4. The second-order valence-corrected chi connectivity index (χ2v) is 11.2. The molecule has 0 heterocycles. The Bertz CT molecular complexity index is 561. The topological polar surface area (TPSA) is 58.2 Å². The number of allylic oxidation sites excluding steroid dienone is 2. The maximum atomic E-state index is 12.1. The van der Waals surface area contributed by atoms with Crippen molar-refractivity contribution in [1.82, 2.24) is 10.6 Å². The van der Waals surface area contributed by atoms with E-state index in [4.69, 9.17) is 0 Å². The molecule has 2 unspecified atom stereocenters. The average Bonchev–Trinajstić information content (AvgIpc) is 3.61. The van der Waals surface area contributed by atoms with Gasteiger partial charge in [-0.05, 0) is 44.3 Å². The molecule has 1 rings (SSSR count). The maximum Gasteiger partial charge on any atom is 0.243 e. The fourth-order valence-electron chi connectivity index (χ4n) is 4.86. The molecule has 2 atom stereocenters. The third-order valence-electron chi connectivity index (χ3n) is 7.43. The predicted molar refractivity (Wildman–Crippen MR) is 160 cm³/mol. The third kappa shape index (κ3) is 22.1. The monoisotopic (exact) mass is 516 g/mol. The van der Waals surface area contributed by atoms with Gasteiger partial charge in [0, 0.05) is 0 Å². The van der Waals surface area contributed by atoms with Gasteiger partial charge < -0.3 is 10.6 Å². The van der Waals surface area contributed by atoms with Crippen molar-refractivity contribution in [1.29, 1.82) is 0 Å². The van der Waals surface area contributed by atoms with Crippen LogP contribution in [0.25, 0.3) is 0 Å². The molecule has 0 saturated heterocycles. The van der Waals surface area contributed by atoms with Gasteiger partial charge in [0.15, 0.2) is 0 Å². The number of amides is 2. The van der Waals surface area contributed by atoms with Crippen LogP contribution in [0.1, 0.15) is 162 Å². The molecule has 0 bridgehead atoms. The highest BCUT2D eigenvalue weighted by molar-refractivity contribution is 5.89. The lowest BCUT2D eigenvalue weighted by Crippen LogP contribution is -2.33. The molecule has 37 heavy (non-hydrogen) atoms. The minimum absolute atomic E-state index is 0.0367. The van der Waals surface area contributed by atoms with Crippen LogP contribution in [0, 0.1) is 0 Å². The smallest absolute Gasteiger partial charge is 0.243 e. The van der Waals surface area contributed by atoms with Crippen LogP contribution in [0.4, 0.5) is 0 Å². The van der Waals surface area contributed by atoms with Crippen molar-refractivity contribution >= 4 is 11.8 Å². The van der Waals surface area contributed by atoms with E-state index < -0.39 is 0 Å². The third-order valence-corrected chi connectivity index (χ3v) is 7.43. The highest BCUT2D eigenvalue weighted by atomic mass is 16.2. The summed E-state index contributed by atoms with van der Waals surface area (Å²) in [5.41, 5.74) is 0. The molecule has 0 aromatic heterocycles. The van der Waals surface area contributed by atoms with Crippen molar-refractivity contribution in [2.75, 3.05) is 0 Å². The predicted octanol–water partition coefficient (Wildman–Crippen LogP) is 9.09. The highest BCUT2D eigenvalue weighted by Gasteiger charge is 2.38. The zero-order valence-electron chi connectivity index (χ0n) is 24.5. The van der Waals surface area contributed by atoms with Crippen LogP contribution in [-0.4, -0.2) is 23.9 Å². The number of carbonyl (C=O) groups is 2. The lowest BCUT2D eigenvalue weighted by Gasteiger charge is -2.03. The number of rotatable bonds is 26. The number of nitrogens with one attached hydrogen (secondary N) is 2. The fraction of sp³-hybridized carbons (Fsp3) is 0.818. The van der Waals surface area contributed by atoms with E-state index in [9.17, 15) is 9.59 Å². The van der Waals surface area contributed by atoms with Crippen molar-refractivity contribution in [3.05, 3.63) is 24.3 Å². The SMILES string of the molecule is CCCCCCCCCCCCC=CC(=O)NC1CC1NC(=O)C=CCCCCCCCCCCCC. The molecule has 2 amide bonds. The Morgan fingerprint density at radius 3 is 1.14 bits per heavy atom. The Morgan fingerprint density at radius 1 is 0.514 bits per heavy atom. The van der Waals surface area contributed by atoms with Crippen LogP contribution in [0.15, 0.2) is 24.3 Å². The maximum absolute atomic E-state index is 12.1. The van der Waals surface area contributed by atoms with E-state index in [0.29, 0.717) is 0 Å². The summed E-state index contributed by atoms with van der Waals surface area (Å²) in [5.74, 6) is -0.0735. The van der Waals surface area contributed by atoms with Crippen LogP contribution in [0.3, 0.4) is 0 Å². The number of unbranched alkanes of at least 4 members (excludes halogenated alkanes) is 20. The van der Waals surface area contributed by atoms with Gasteiger partial charge in [-0.3, -0.25) is 9.59 Å². The molecule has 2 N–H and O–H groups in total. The minimum Gasteiger partial charge on any atom is -0.348 e. The summed E-state index contributed by atoms with van der Waals surface area (Å²) < 4.78 is 0. The van der Waals surface area contributed by atoms with Gasteiger partial charge in [0.25, 0.3) is 0 Å². The normalized spacial score (nSPS) is 17.0. The Morgan fingerprint density at radius 2 is 0.811 bits per heavy atom. The lowest BCUT2D eigenvalue weighted by molar-refractivity contribution is -0.118. The van der Waals surface area contributed by atoms with E-state index in [1.54, 1.807) is 12.2 Å². The van der Waals surface area contributed by atoms with Crippen molar-refractivity contribution in [3.63, 3.8) is 0 Å². The Hall–Kier alpha value is -1.58. The van der Waals surface area contributed by atoms with Gasteiger partial charge in [-0.1, -0.05) is 142 Å². The van der Waals surface area contributed by atoms with Crippen LogP contribution in [-0.2, 0) is 9.59 Å². The van der Waals surface area contributed by atoms with E-state index >= 15 is 0 Å². The lowest BCUT2D eigenvalue weighted by atomic mass is 10.1. The largest absolute Gasteiger partial charge is 0.348 e. The minimum atomic E-state index is -0.0367. The fourth-order valence-corrected chi connectivity index (χ4v) is 4.86. The first-order valence-electron chi connectivity index (χ1n) is 16.1. The van der Waals surface area contributed by atoms with Gasteiger partial charge in [-0.15, -0.1) is 0 Å². The van der Waals surface area contributed by atoms with Gasteiger partial charge in [0.1, 0.15) is 0 Å². The Balaban J connectivity index is 1.91. The number of hydrogen-bond acceptors (Lipinski definition) is 2. The zero-order valence-corrected chi connectivity index (χ0v) is 24.5. The molecular formula is C33H60N2O2. The number of carbonyl (C=O) groups excluding carboxylic acids is 2. The summed E-state index contributed by atoms with van der Waals surface area (Å²) >= 11 is 0. The van der Waals surface area contributed by atoms with E-state index in [0.717, 1.165) is 32.1 Å². The van der Waals surface area contributed by atoms with Gasteiger partial charge in [-0.2, -0.15) is 0 Å². The number of hydrogen-bond donors (Lipinski definition) is 2. The molecule has 1 aliphatic rings. The van der Waals surface area contributed by atoms with E-state index in [-0.39, 0.29) is 23.9 Å². The van der Waals surface area contributed by atoms with E-state index in [2.05, 4.69) is 24.5 Å². The molecule has 4 nitrogen and oxygen atoms in total. The molecule has 1 saturated carbocycles. The first-order valence-corrected chi connectivity index (χ1v) is 16.1. The summed E-state index contributed by atoms with van der Waals surface area (Å²) in [6.45, 7) is 4.53. The molecule has 4 heteroatoms. The van der Waals surface area contributed by atoms with E-state index in [1.807, 2.05) is 12.2 Å². The van der Waals surface area contributed by atoms with Crippen LogP contribution in [0.5, 0.6) is 0 Å². The van der Waals surface area contributed by atoms with Gasteiger partial charge in [0.05, 0.1) is 12.1 Å². The molecule has 0 radical (unpaired) electrons. The quantitative estimate of drug-likeness (QED) is 0.0889. The van der Waals surface area contributed by atoms with Crippen molar-refractivity contribution < 1.29 is 9.59 Å². The molecule has 214 valence electrons. The summed E-state index contributed by atoms with van der Waals surface area (Å²) in [6.07, 6.45) is 36.7. The Kier molecular flexibility index (Phi) is 22.4. The molecule has 0 spiro atoms. The molecular weight excluding hydrogens is 456 g/mol. The van der Waals surface area contributed by atoms with Crippen molar-refractivity contribution in [2.24, 2.45) is 0 Å². The molecule has 0 aromatic carbocycles. The Labute approximate surface area is 229 Å². The van der Waals surface area contributed by atoms with Crippen molar-refractivity contribution in [2.45, 2.75) is 174 Å². The van der Waals surface area contributed by atoms with Crippen LogP contribution >= 0.6 is 0 Å². The molecule has 0 aromatic rings. The van der Waals surface area contributed by atoms with Crippen molar-refractivity contribution in [3.8, 4) is 0 Å².